The average Bonchev–Trinajstić information content (AvgIpc) is 3.10. The number of nitrogens with zero attached hydrogens (tertiary/aromatic N) is 1. The van der Waals surface area contributed by atoms with E-state index >= 15 is 0 Å². The fourth-order valence-corrected chi connectivity index (χ4v) is 2.93. The number of ether oxygens (including phenoxy) is 1. The topological polar surface area (TPSA) is 87.9 Å². The Bertz CT molecular complexity index is 539. The number of nitrogens with one attached hydrogen (secondary N) is 3. The van der Waals surface area contributed by atoms with Crippen molar-refractivity contribution in [2.75, 3.05) is 33.4 Å². The molecule has 1 saturated carbocycles. The average molecular weight is 350 g/mol. The molecule has 0 saturated heterocycles. The van der Waals surface area contributed by atoms with E-state index < -0.39 is 0 Å². The van der Waals surface area contributed by atoms with E-state index in [9.17, 15) is 4.79 Å². The van der Waals surface area contributed by atoms with Crippen molar-refractivity contribution >= 4 is 11.9 Å². The smallest absolute Gasteiger partial charge is 0.242 e. The number of methoxy groups -OCH3 is 1. The molecule has 1 aromatic heterocycles. The molecule has 3 N–H and O–H groups in total. The van der Waals surface area contributed by atoms with Gasteiger partial charge in [-0.05, 0) is 43.7 Å². The van der Waals surface area contributed by atoms with Gasteiger partial charge < -0.3 is 25.1 Å². The first-order valence-electron chi connectivity index (χ1n) is 8.98. The molecule has 0 atom stereocenters. The molecule has 25 heavy (non-hydrogen) atoms. The Morgan fingerprint density at radius 1 is 1.36 bits per heavy atom. The number of hydrogen-bond donors (Lipinski definition) is 3. The van der Waals surface area contributed by atoms with Crippen LogP contribution in [0.3, 0.4) is 0 Å². The molecule has 0 aliphatic heterocycles. The fraction of sp³-hybridized carbons (Fsp3) is 0.667. The number of amides is 1. The number of carbonyl (C=O) groups excluding carboxylic acids is 1. The van der Waals surface area contributed by atoms with Gasteiger partial charge in [0, 0.05) is 26.8 Å². The summed E-state index contributed by atoms with van der Waals surface area (Å²) in [5.74, 6) is 1.28. The molecular formula is C18H30N4O3. The summed E-state index contributed by atoms with van der Waals surface area (Å²) in [7, 11) is 1.74. The van der Waals surface area contributed by atoms with Crippen LogP contribution in [-0.2, 0) is 16.1 Å². The minimum atomic E-state index is -0.133. The first-order chi connectivity index (χ1) is 12.2. The van der Waals surface area contributed by atoms with Crippen LogP contribution in [0.1, 0.15) is 38.4 Å². The summed E-state index contributed by atoms with van der Waals surface area (Å²) in [6.07, 6.45) is 6.35. The van der Waals surface area contributed by atoms with Crippen molar-refractivity contribution in [1.29, 1.82) is 0 Å². The van der Waals surface area contributed by atoms with Crippen LogP contribution in [0.2, 0.25) is 0 Å². The van der Waals surface area contributed by atoms with E-state index in [2.05, 4.69) is 20.9 Å². The van der Waals surface area contributed by atoms with Gasteiger partial charge in [0.25, 0.3) is 0 Å². The summed E-state index contributed by atoms with van der Waals surface area (Å²) in [5, 5.41) is 9.37. The van der Waals surface area contributed by atoms with Crippen LogP contribution in [0.4, 0.5) is 0 Å². The number of hydrogen-bond acceptors (Lipinski definition) is 4. The van der Waals surface area contributed by atoms with Gasteiger partial charge in [0.2, 0.25) is 5.91 Å². The molecule has 0 aromatic carbocycles. The number of furan rings is 1. The zero-order chi connectivity index (χ0) is 18.0. The van der Waals surface area contributed by atoms with E-state index in [1.807, 2.05) is 13.0 Å². The second-order valence-corrected chi connectivity index (χ2v) is 6.50. The third kappa shape index (κ3) is 6.42. The van der Waals surface area contributed by atoms with Crippen molar-refractivity contribution in [1.82, 2.24) is 16.0 Å². The molecule has 1 aromatic rings. The van der Waals surface area contributed by atoms with Crippen molar-refractivity contribution in [3.05, 3.63) is 24.2 Å². The van der Waals surface area contributed by atoms with Crippen molar-refractivity contribution in [3.63, 3.8) is 0 Å². The van der Waals surface area contributed by atoms with Crippen LogP contribution < -0.4 is 16.0 Å². The maximum Gasteiger partial charge on any atom is 0.242 e. The van der Waals surface area contributed by atoms with E-state index in [1.54, 1.807) is 19.4 Å². The largest absolute Gasteiger partial charge is 0.467 e. The number of guanidine groups is 1. The lowest BCUT2D eigenvalue weighted by Crippen LogP contribution is -2.47. The third-order valence-electron chi connectivity index (χ3n) is 4.65. The molecule has 0 bridgehead atoms. The van der Waals surface area contributed by atoms with Gasteiger partial charge in [0.1, 0.15) is 12.3 Å². The second-order valence-electron chi connectivity index (χ2n) is 6.50. The molecule has 2 rings (SSSR count). The highest BCUT2D eigenvalue weighted by Gasteiger charge is 2.36. The summed E-state index contributed by atoms with van der Waals surface area (Å²) < 4.78 is 10.4. The molecule has 0 unspecified atom stereocenters. The van der Waals surface area contributed by atoms with Crippen molar-refractivity contribution in [3.8, 4) is 0 Å². The van der Waals surface area contributed by atoms with E-state index in [0.717, 1.165) is 31.9 Å². The van der Waals surface area contributed by atoms with Gasteiger partial charge in [0.15, 0.2) is 5.96 Å². The lowest BCUT2D eigenvalue weighted by molar-refractivity contribution is -0.119. The Balaban J connectivity index is 1.77. The zero-order valence-corrected chi connectivity index (χ0v) is 15.3. The first kappa shape index (κ1) is 19.3. The Labute approximate surface area is 149 Å². The SMILES string of the molecule is CCNC(=NCC(=O)NCc1ccco1)NCC1(CCOC)CCC1. The quantitative estimate of drug-likeness (QED) is 0.441. The van der Waals surface area contributed by atoms with Crippen LogP contribution in [-0.4, -0.2) is 45.2 Å². The van der Waals surface area contributed by atoms with Crippen LogP contribution >= 0.6 is 0 Å². The normalized spacial score (nSPS) is 16.2. The van der Waals surface area contributed by atoms with Crippen LogP contribution in [0, 0.1) is 5.41 Å². The maximum atomic E-state index is 11.9. The molecule has 7 nitrogen and oxygen atoms in total. The monoisotopic (exact) mass is 350 g/mol. The summed E-state index contributed by atoms with van der Waals surface area (Å²) in [5.41, 5.74) is 0.299. The van der Waals surface area contributed by atoms with Crippen molar-refractivity contribution in [2.24, 2.45) is 10.4 Å². The van der Waals surface area contributed by atoms with E-state index in [4.69, 9.17) is 9.15 Å². The van der Waals surface area contributed by atoms with E-state index in [0.29, 0.717) is 17.9 Å². The highest BCUT2D eigenvalue weighted by Crippen LogP contribution is 2.43. The Morgan fingerprint density at radius 2 is 2.20 bits per heavy atom. The highest BCUT2D eigenvalue weighted by atomic mass is 16.5. The molecule has 1 fully saturated rings. The molecule has 140 valence electrons. The molecule has 1 heterocycles. The molecule has 1 aliphatic rings. The predicted molar refractivity (Wildman–Crippen MR) is 97.3 cm³/mol. The lowest BCUT2D eigenvalue weighted by atomic mass is 9.67. The summed E-state index contributed by atoms with van der Waals surface area (Å²) in [4.78, 5) is 16.3. The van der Waals surface area contributed by atoms with Gasteiger partial charge in [0.05, 0.1) is 12.8 Å². The predicted octanol–water partition coefficient (Wildman–Crippen LogP) is 1.66. The van der Waals surface area contributed by atoms with E-state index in [1.165, 1.54) is 19.3 Å². The van der Waals surface area contributed by atoms with Crippen LogP contribution in [0.5, 0.6) is 0 Å². The Kier molecular flexibility index (Phi) is 7.78. The highest BCUT2D eigenvalue weighted by molar-refractivity contribution is 5.84. The summed E-state index contributed by atoms with van der Waals surface area (Å²) in [6.45, 7) is 4.87. The van der Waals surface area contributed by atoms with Crippen molar-refractivity contribution in [2.45, 2.75) is 39.2 Å². The minimum absolute atomic E-state index is 0.0844. The molecule has 1 aliphatic carbocycles. The molecule has 0 radical (unpaired) electrons. The molecule has 1 amide bonds. The van der Waals surface area contributed by atoms with E-state index in [-0.39, 0.29) is 12.5 Å². The maximum absolute atomic E-state index is 11.9. The third-order valence-corrected chi connectivity index (χ3v) is 4.65. The number of aliphatic imine (C=N–C) groups is 1. The van der Waals surface area contributed by atoms with Gasteiger partial charge in [-0.25, -0.2) is 4.99 Å². The fourth-order valence-electron chi connectivity index (χ4n) is 2.93. The van der Waals surface area contributed by atoms with Crippen LogP contribution in [0.25, 0.3) is 0 Å². The molecule has 7 heteroatoms. The summed E-state index contributed by atoms with van der Waals surface area (Å²) >= 11 is 0. The molecular weight excluding hydrogens is 320 g/mol. The van der Waals surface area contributed by atoms with Crippen molar-refractivity contribution < 1.29 is 13.9 Å². The minimum Gasteiger partial charge on any atom is -0.467 e. The van der Waals surface area contributed by atoms with Gasteiger partial charge >= 0.3 is 0 Å². The zero-order valence-electron chi connectivity index (χ0n) is 15.3. The second kappa shape index (κ2) is 10.1. The summed E-state index contributed by atoms with van der Waals surface area (Å²) in [6, 6.07) is 3.62. The van der Waals surface area contributed by atoms with Gasteiger partial charge in [-0.2, -0.15) is 0 Å². The van der Waals surface area contributed by atoms with Crippen LogP contribution in [0.15, 0.2) is 27.8 Å². The first-order valence-corrected chi connectivity index (χ1v) is 8.98. The number of carbonyl (C=O) groups is 1. The van der Waals surface area contributed by atoms with Gasteiger partial charge in [-0.3, -0.25) is 4.79 Å². The van der Waals surface area contributed by atoms with Gasteiger partial charge in [-0.15, -0.1) is 0 Å². The lowest BCUT2D eigenvalue weighted by Gasteiger charge is -2.42. The Hall–Kier alpha value is -2.02. The Morgan fingerprint density at radius 3 is 2.80 bits per heavy atom. The van der Waals surface area contributed by atoms with Gasteiger partial charge in [-0.1, -0.05) is 6.42 Å². The standard InChI is InChI=1S/C18H30N4O3/c1-3-19-17(22-14-18(7-5-8-18)9-11-24-2)21-13-16(23)20-12-15-6-4-10-25-15/h4,6,10H,3,5,7-9,11-14H2,1-2H3,(H,20,23)(H2,19,21,22). The number of rotatable bonds is 10. The molecule has 0 spiro atoms.